The summed E-state index contributed by atoms with van der Waals surface area (Å²) < 4.78 is 0. The zero-order valence-corrected chi connectivity index (χ0v) is 11.3. The number of carbonyl (C=O) groups is 1. The number of rotatable bonds is 4. The van der Waals surface area contributed by atoms with E-state index >= 15 is 0 Å². The van der Waals surface area contributed by atoms with E-state index < -0.39 is 0 Å². The number of nitrogens with zero attached hydrogens (tertiary/aromatic N) is 1. The van der Waals surface area contributed by atoms with Crippen molar-refractivity contribution in [2.24, 2.45) is 0 Å². The van der Waals surface area contributed by atoms with Crippen molar-refractivity contribution in [3.05, 3.63) is 23.8 Å². The number of benzene rings is 1. The van der Waals surface area contributed by atoms with Crippen LogP contribution in [0.2, 0.25) is 0 Å². The molecule has 0 aliphatic carbocycles. The van der Waals surface area contributed by atoms with E-state index in [-0.39, 0.29) is 5.91 Å². The molecule has 0 atom stereocenters. The lowest BCUT2D eigenvalue weighted by Gasteiger charge is -2.29. The molecule has 0 N–H and O–H groups in total. The van der Waals surface area contributed by atoms with Crippen LogP contribution in [0.3, 0.4) is 0 Å². The van der Waals surface area contributed by atoms with Crippen LogP contribution >= 0.6 is 11.8 Å². The van der Waals surface area contributed by atoms with Crippen LogP contribution in [-0.2, 0) is 4.79 Å². The van der Waals surface area contributed by atoms with Gasteiger partial charge in [0.15, 0.2) is 0 Å². The molecule has 1 aromatic rings. The highest BCUT2D eigenvalue weighted by Gasteiger charge is 2.23. The fourth-order valence-electron chi connectivity index (χ4n) is 2.08. The molecular formula is C14H19NOS. The summed E-state index contributed by atoms with van der Waals surface area (Å²) in [6.07, 6.45) is 3.48. The van der Waals surface area contributed by atoms with E-state index in [2.05, 4.69) is 32.0 Å². The van der Waals surface area contributed by atoms with E-state index in [1.807, 2.05) is 4.90 Å². The van der Waals surface area contributed by atoms with Crippen molar-refractivity contribution in [1.82, 2.24) is 0 Å². The van der Waals surface area contributed by atoms with E-state index in [9.17, 15) is 4.79 Å². The third-order valence-electron chi connectivity index (χ3n) is 3.04. The summed E-state index contributed by atoms with van der Waals surface area (Å²) in [4.78, 5) is 15.2. The molecule has 0 saturated heterocycles. The summed E-state index contributed by atoms with van der Waals surface area (Å²) in [5.74, 6) is 0.839. The molecule has 92 valence electrons. The molecule has 2 nitrogen and oxygen atoms in total. The van der Waals surface area contributed by atoms with E-state index in [1.54, 1.807) is 11.8 Å². The first kappa shape index (κ1) is 12.5. The fraction of sp³-hybridized carbons (Fsp3) is 0.500. The average molecular weight is 249 g/mol. The van der Waals surface area contributed by atoms with Gasteiger partial charge in [0.2, 0.25) is 5.91 Å². The summed E-state index contributed by atoms with van der Waals surface area (Å²) >= 11 is 1.66. The largest absolute Gasteiger partial charge is 0.311 e. The second kappa shape index (κ2) is 5.58. The minimum Gasteiger partial charge on any atom is -0.311 e. The number of hydrogen-bond donors (Lipinski definition) is 0. The maximum atomic E-state index is 12.0. The minimum absolute atomic E-state index is 0.254. The van der Waals surface area contributed by atoms with Gasteiger partial charge >= 0.3 is 0 Å². The molecule has 1 aliphatic heterocycles. The highest BCUT2D eigenvalue weighted by Crippen LogP contribution is 2.35. The van der Waals surface area contributed by atoms with Gasteiger partial charge in [-0.1, -0.05) is 25.8 Å². The van der Waals surface area contributed by atoms with Crippen LogP contribution in [0.4, 0.5) is 5.69 Å². The second-order valence-electron chi connectivity index (χ2n) is 4.51. The molecule has 0 fully saturated rings. The van der Waals surface area contributed by atoms with E-state index in [0.717, 1.165) is 18.7 Å². The van der Waals surface area contributed by atoms with Gasteiger partial charge in [0, 0.05) is 11.4 Å². The van der Waals surface area contributed by atoms with Crippen molar-refractivity contribution in [3.8, 4) is 0 Å². The van der Waals surface area contributed by atoms with Crippen LogP contribution in [0.15, 0.2) is 23.1 Å². The Labute approximate surface area is 107 Å². The molecule has 0 radical (unpaired) electrons. The van der Waals surface area contributed by atoms with Gasteiger partial charge < -0.3 is 4.90 Å². The monoisotopic (exact) mass is 249 g/mol. The normalized spacial score (nSPS) is 14.9. The van der Waals surface area contributed by atoms with Gasteiger partial charge in [-0.2, -0.15) is 0 Å². The predicted octanol–water partition coefficient (Wildman–Crippen LogP) is 3.62. The molecule has 17 heavy (non-hydrogen) atoms. The number of carbonyl (C=O) groups excluding carboxylic acids is 1. The summed E-state index contributed by atoms with van der Waals surface area (Å²) in [5, 5.41) is 0. The predicted molar refractivity (Wildman–Crippen MR) is 73.8 cm³/mol. The lowest BCUT2D eigenvalue weighted by atomic mass is 10.2. The summed E-state index contributed by atoms with van der Waals surface area (Å²) in [5.41, 5.74) is 2.34. The maximum Gasteiger partial charge on any atom is 0.237 e. The highest BCUT2D eigenvalue weighted by atomic mass is 32.2. The average Bonchev–Trinajstić information content (AvgIpc) is 2.32. The molecule has 1 aliphatic rings. The smallest absolute Gasteiger partial charge is 0.237 e. The molecule has 1 heterocycles. The number of amides is 1. The maximum absolute atomic E-state index is 12.0. The van der Waals surface area contributed by atoms with Crippen LogP contribution in [0, 0.1) is 6.92 Å². The molecule has 0 saturated carbocycles. The van der Waals surface area contributed by atoms with E-state index in [4.69, 9.17) is 0 Å². The number of thioether (sulfide) groups is 1. The highest BCUT2D eigenvalue weighted by molar-refractivity contribution is 8.00. The van der Waals surface area contributed by atoms with Gasteiger partial charge in [0.25, 0.3) is 0 Å². The SMILES string of the molecule is CCCCCN1C(=O)CSc2ccc(C)cc21. The standard InChI is InChI=1S/C14H19NOS/c1-3-4-5-8-15-12-9-11(2)6-7-13(12)17-10-14(15)16/h6-7,9H,3-5,8,10H2,1-2H3. The second-order valence-corrected chi connectivity index (χ2v) is 5.53. The Balaban J connectivity index is 2.20. The van der Waals surface area contributed by atoms with E-state index in [1.165, 1.54) is 23.3 Å². The fourth-order valence-corrected chi connectivity index (χ4v) is 2.99. The molecule has 1 amide bonds. The van der Waals surface area contributed by atoms with Crippen molar-refractivity contribution in [3.63, 3.8) is 0 Å². The Kier molecular flexibility index (Phi) is 4.11. The molecule has 0 bridgehead atoms. The first-order chi connectivity index (χ1) is 8.22. The van der Waals surface area contributed by atoms with Gasteiger partial charge in [0.05, 0.1) is 11.4 Å². The summed E-state index contributed by atoms with van der Waals surface area (Å²) in [7, 11) is 0. The van der Waals surface area contributed by atoms with Gasteiger partial charge in [-0.15, -0.1) is 11.8 Å². The van der Waals surface area contributed by atoms with E-state index in [0.29, 0.717) is 5.75 Å². The zero-order chi connectivity index (χ0) is 12.3. The third-order valence-corrected chi connectivity index (χ3v) is 4.09. The van der Waals surface area contributed by atoms with Crippen molar-refractivity contribution in [2.45, 2.75) is 38.0 Å². The Morgan fingerprint density at radius 3 is 2.94 bits per heavy atom. The Morgan fingerprint density at radius 1 is 1.35 bits per heavy atom. The lowest BCUT2D eigenvalue weighted by Crippen LogP contribution is -2.36. The number of anilines is 1. The molecule has 3 heteroatoms. The van der Waals surface area contributed by atoms with Gasteiger partial charge in [0.1, 0.15) is 0 Å². The Hall–Kier alpha value is -0.960. The summed E-state index contributed by atoms with van der Waals surface area (Å²) in [6, 6.07) is 6.38. The van der Waals surface area contributed by atoms with Crippen LogP contribution in [-0.4, -0.2) is 18.2 Å². The number of fused-ring (bicyclic) bond motifs is 1. The molecule has 1 aromatic carbocycles. The number of unbranched alkanes of at least 4 members (excludes halogenated alkanes) is 2. The summed E-state index contributed by atoms with van der Waals surface area (Å²) in [6.45, 7) is 5.13. The van der Waals surface area contributed by atoms with Crippen LogP contribution in [0.25, 0.3) is 0 Å². The molecule has 0 unspecified atom stereocenters. The molecule has 0 spiro atoms. The topological polar surface area (TPSA) is 20.3 Å². The zero-order valence-electron chi connectivity index (χ0n) is 10.5. The van der Waals surface area contributed by atoms with Crippen LogP contribution < -0.4 is 4.90 Å². The van der Waals surface area contributed by atoms with Crippen molar-refractivity contribution < 1.29 is 4.79 Å². The van der Waals surface area contributed by atoms with Crippen molar-refractivity contribution in [1.29, 1.82) is 0 Å². The third kappa shape index (κ3) is 2.83. The van der Waals surface area contributed by atoms with Gasteiger partial charge in [-0.3, -0.25) is 4.79 Å². The van der Waals surface area contributed by atoms with Crippen molar-refractivity contribution in [2.75, 3.05) is 17.2 Å². The van der Waals surface area contributed by atoms with Gasteiger partial charge in [-0.25, -0.2) is 0 Å². The molecule has 2 rings (SSSR count). The Bertz CT molecular complexity index is 417. The first-order valence-corrected chi connectivity index (χ1v) is 7.24. The molecule has 0 aromatic heterocycles. The minimum atomic E-state index is 0.254. The van der Waals surface area contributed by atoms with Crippen LogP contribution in [0.5, 0.6) is 0 Å². The first-order valence-electron chi connectivity index (χ1n) is 6.26. The number of hydrogen-bond acceptors (Lipinski definition) is 2. The lowest BCUT2D eigenvalue weighted by molar-refractivity contribution is -0.116. The Morgan fingerprint density at radius 2 is 2.18 bits per heavy atom. The molecular weight excluding hydrogens is 230 g/mol. The quantitative estimate of drug-likeness (QED) is 0.760. The van der Waals surface area contributed by atoms with Crippen molar-refractivity contribution >= 4 is 23.4 Å². The number of aryl methyl sites for hydroxylation is 1. The van der Waals surface area contributed by atoms with Gasteiger partial charge in [-0.05, 0) is 31.0 Å². The van der Waals surface area contributed by atoms with Crippen LogP contribution in [0.1, 0.15) is 31.7 Å².